The third-order valence-electron chi connectivity index (χ3n) is 7.26. The highest BCUT2D eigenvalue weighted by atomic mass is 32.2. The van der Waals surface area contributed by atoms with E-state index < -0.39 is 37.9 Å². The third kappa shape index (κ3) is 6.53. The van der Waals surface area contributed by atoms with Crippen molar-refractivity contribution in [3.63, 3.8) is 0 Å². The SMILES string of the molecule is COc1ccc(-c2ccc(S(=O)(=O)N(C)C(C(=O)NO)C3CCN(S(=O)(=O)Cc4ccccc4)CC3)cc2)cc1. The lowest BCUT2D eigenvalue weighted by Crippen LogP contribution is -2.53. The summed E-state index contributed by atoms with van der Waals surface area (Å²) in [6.07, 6.45) is 0.505. The van der Waals surface area contributed by atoms with Crippen LogP contribution >= 0.6 is 0 Å². The first kappa shape index (κ1) is 29.7. The molecule has 1 aliphatic heterocycles. The van der Waals surface area contributed by atoms with E-state index in [1.165, 1.54) is 23.5 Å². The van der Waals surface area contributed by atoms with Crippen molar-refractivity contribution in [3.8, 4) is 16.9 Å². The Morgan fingerprint density at radius 2 is 1.50 bits per heavy atom. The summed E-state index contributed by atoms with van der Waals surface area (Å²) in [5.74, 6) is -0.808. The Kier molecular flexibility index (Phi) is 9.26. The van der Waals surface area contributed by atoms with Crippen LogP contribution in [0.3, 0.4) is 0 Å². The minimum Gasteiger partial charge on any atom is -0.497 e. The molecule has 1 fully saturated rings. The molecule has 1 aliphatic rings. The quantitative estimate of drug-likeness (QED) is 0.275. The van der Waals surface area contributed by atoms with Crippen LogP contribution in [0.25, 0.3) is 11.1 Å². The van der Waals surface area contributed by atoms with Crippen LogP contribution in [0.15, 0.2) is 83.8 Å². The van der Waals surface area contributed by atoms with Gasteiger partial charge in [0.1, 0.15) is 11.8 Å². The molecule has 0 aromatic heterocycles. The fraction of sp³-hybridized carbons (Fsp3) is 0.321. The van der Waals surface area contributed by atoms with Crippen LogP contribution in [0, 0.1) is 5.92 Å². The van der Waals surface area contributed by atoms with E-state index in [0.717, 1.165) is 15.4 Å². The van der Waals surface area contributed by atoms with E-state index in [1.807, 2.05) is 30.3 Å². The summed E-state index contributed by atoms with van der Waals surface area (Å²) in [6, 6.07) is 21.3. The van der Waals surface area contributed by atoms with Crippen LogP contribution in [-0.4, -0.2) is 69.8 Å². The Hall–Kier alpha value is -3.29. The molecule has 214 valence electrons. The van der Waals surface area contributed by atoms with Crippen molar-refractivity contribution in [2.24, 2.45) is 5.92 Å². The van der Waals surface area contributed by atoms with Gasteiger partial charge in [-0.25, -0.2) is 26.6 Å². The molecule has 1 amide bonds. The van der Waals surface area contributed by atoms with Gasteiger partial charge in [0.2, 0.25) is 20.0 Å². The molecule has 12 heteroatoms. The van der Waals surface area contributed by atoms with Gasteiger partial charge in [-0.15, -0.1) is 0 Å². The third-order valence-corrected chi connectivity index (χ3v) is 11.0. The zero-order valence-electron chi connectivity index (χ0n) is 22.3. The van der Waals surface area contributed by atoms with Crippen LogP contribution < -0.4 is 10.2 Å². The second-order valence-electron chi connectivity index (χ2n) is 9.67. The number of likely N-dealkylation sites (N-methyl/N-ethyl adjacent to an activating group) is 1. The number of methoxy groups -OCH3 is 1. The Balaban J connectivity index is 1.48. The Labute approximate surface area is 235 Å². The maximum Gasteiger partial charge on any atom is 0.262 e. The molecular weight excluding hydrogens is 554 g/mol. The molecule has 0 saturated carbocycles. The number of amides is 1. The predicted octanol–water partition coefficient (Wildman–Crippen LogP) is 3.10. The van der Waals surface area contributed by atoms with E-state index in [2.05, 4.69) is 0 Å². The number of ether oxygens (including phenoxy) is 1. The monoisotopic (exact) mass is 587 g/mol. The number of nitrogens with one attached hydrogen (secondary N) is 1. The average Bonchev–Trinajstić information content (AvgIpc) is 2.97. The summed E-state index contributed by atoms with van der Waals surface area (Å²) in [6.45, 7) is 0.277. The molecule has 4 rings (SSSR count). The molecule has 2 N–H and O–H groups in total. The molecule has 3 aromatic rings. The standard InChI is InChI=1S/C28H33N3O7S2/c1-30(40(36,37)26-14-10-23(11-15-26)22-8-12-25(38-2)13-9-22)27(28(32)29-33)24-16-18-31(19-17-24)39(34,35)20-21-6-4-3-5-7-21/h3-15,24,27,33H,16-20H2,1-2H3,(H,29,32). The van der Waals surface area contributed by atoms with E-state index >= 15 is 0 Å². The fourth-order valence-corrected chi connectivity index (χ4v) is 7.95. The van der Waals surface area contributed by atoms with Crippen molar-refractivity contribution in [2.45, 2.75) is 29.5 Å². The number of benzene rings is 3. The second-order valence-corrected chi connectivity index (χ2v) is 13.6. The van der Waals surface area contributed by atoms with Gasteiger partial charge in [-0.3, -0.25) is 10.0 Å². The van der Waals surface area contributed by atoms with Crippen molar-refractivity contribution >= 4 is 26.0 Å². The molecule has 0 aliphatic carbocycles. The highest BCUT2D eigenvalue weighted by molar-refractivity contribution is 7.89. The number of carbonyl (C=O) groups is 1. The summed E-state index contributed by atoms with van der Waals surface area (Å²) < 4.78 is 60.5. The van der Waals surface area contributed by atoms with E-state index in [9.17, 15) is 26.8 Å². The summed E-state index contributed by atoms with van der Waals surface area (Å²) in [5.41, 5.74) is 3.95. The van der Waals surface area contributed by atoms with Gasteiger partial charge in [-0.05, 0) is 59.7 Å². The molecule has 0 bridgehead atoms. The number of piperidine rings is 1. The van der Waals surface area contributed by atoms with Gasteiger partial charge in [-0.1, -0.05) is 54.6 Å². The van der Waals surface area contributed by atoms with Crippen LogP contribution in [-0.2, 0) is 30.6 Å². The predicted molar refractivity (Wildman–Crippen MR) is 150 cm³/mol. The fourth-order valence-electron chi connectivity index (χ4n) is 5.01. The maximum atomic E-state index is 13.5. The molecule has 1 heterocycles. The van der Waals surface area contributed by atoms with Gasteiger partial charge in [0.25, 0.3) is 5.91 Å². The van der Waals surface area contributed by atoms with E-state index in [1.54, 1.807) is 49.0 Å². The number of nitrogens with zero attached hydrogens (tertiary/aromatic N) is 2. The summed E-state index contributed by atoms with van der Waals surface area (Å²) in [5, 5.41) is 9.43. The molecular formula is C28H33N3O7S2. The lowest BCUT2D eigenvalue weighted by Gasteiger charge is -2.37. The summed E-state index contributed by atoms with van der Waals surface area (Å²) in [7, 11) is -4.84. The first-order valence-electron chi connectivity index (χ1n) is 12.7. The molecule has 10 nitrogen and oxygen atoms in total. The van der Waals surface area contributed by atoms with E-state index in [4.69, 9.17) is 4.74 Å². The van der Waals surface area contributed by atoms with Crippen molar-refractivity contribution in [2.75, 3.05) is 27.2 Å². The molecule has 0 radical (unpaired) electrons. The van der Waals surface area contributed by atoms with Crippen molar-refractivity contribution in [1.82, 2.24) is 14.1 Å². The molecule has 3 aromatic carbocycles. The Bertz CT molecular complexity index is 1500. The minimum absolute atomic E-state index is 0.00845. The molecule has 1 saturated heterocycles. The topological polar surface area (TPSA) is 133 Å². The normalized spacial score (nSPS) is 16.0. The lowest BCUT2D eigenvalue weighted by molar-refractivity contribution is -0.135. The maximum absolute atomic E-state index is 13.5. The van der Waals surface area contributed by atoms with Crippen molar-refractivity contribution in [1.29, 1.82) is 0 Å². The highest BCUT2D eigenvalue weighted by Gasteiger charge is 2.41. The number of rotatable bonds is 10. The van der Waals surface area contributed by atoms with Gasteiger partial charge >= 0.3 is 0 Å². The first-order chi connectivity index (χ1) is 19.1. The molecule has 40 heavy (non-hydrogen) atoms. The zero-order chi connectivity index (χ0) is 28.9. The van der Waals surface area contributed by atoms with Crippen LogP contribution in [0.4, 0.5) is 0 Å². The van der Waals surface area contributed by atoms with Crippen molar-refractivity contribution < 1.29 is 31.6 Å². The Morgan fingerprint density at radius 1 is 0.950 bits per heavy atom. The number of carbonyl (C=O) groups excluding carboxylic acids is 1. The average molecular weight is 588 g/mol. The Morgan fingerprint density at radius 3 is 2.02 bits per heavy atom. The molecule has 1 atom stereocenters. The minimum atomic E-state index is -4.13. The van der Waals surface area contributed by atoms with Gasteiger partial charge in [0.15, 0.2) is 0 Å². The van der Waals surface area contributed by atoms with E-state index in [0.29, 0.717) is 11.3 Å². The van der Waals surface area contributed by atoms with Crippen LogP contribution in [0.2, 0.25) is 0 Å². The van der Waals surface area contributed by atoms with Gasteiger partial charge in [0, 0.05) is 20.1 Å². The van der Waals surface area contributed by atoms with Gasteiger partial charge < -0.3 is 4.74 Å². The number of sulfonamides is 2. The van der Waals surface area contributed by atoms with Gasteiger partial charge in [-0.2, -0.15) is 4.31 Å². The van der Waals surface area contributed by atoms with Crippen LogP contribution in [0.5, 0.6) is 5.75 Å². The van der Waals surface area contributed by atoms with E-state index in [-0.39, 0.29) is 36.6 Å². The second kappa shape index (κ2) is 12.5. The number of hydrogen-bond donors (Lipinski definition) is 2. The molecule has 1 unspecified atom stereocenters. The van der Waals surface area contributed by atoms with Crippen LogP contribution in [0.1, 0.15) is 18.4 Å². The first-order valence-corrected chi connectivity index (χ1v) is 15.8. The van der Waals surface area contributed by atoms with Crippen molar-refractivity contribution in [3.05, 3.63) is 84.4 Å². The number of hydroxylamine groups is 1. The molecule has 0 spiro atoms. The smallest absolute Gasteiger partial charge is 0.262 e. The highest BCUT2D eigenvalue weighted by Crippen LogP contribution is 2.30. The largest absolute Gasteiger partial charge is 0.497 e. The summed E-state index contributed by atoms with van der Waals surface area (Å²) in [4.78, 5) is 12.7. The lowest BCUT2D eigenvalue weighted by atomic mass is 9.90. The zero-order valence-corrected chi connectivity index (χ0v) is 23.9. The van der Waals surface area contributed by atoms with Gasteiger partial charge in [0.05, 0.1) is 17.8 Å². The number of hydrogen-bond acceptors (Lipinski definition) is 7. The summed E-state index contributed by atoms with van der Waals surface area (Å²) >= 11 is 0.